The molecule has 1 heterocycles. The Morgan fingerprint density at radius 1 is 1.00 bits per heavy atom. The van der Waals surface area contributed by atoms with E-state index >= 15 is 0 Å². The number of alkyl halides is 1. The average molecular weight is 351 g/mol. The Morgan fingerprint density at radius 3 is 2.52 bits per heavy atom. The molecule has 0 aromatic heterocycles. The van der Waals surface area contributed by atoms with Crippen molar-refractivity contribution in [3.05, 3.63) is 35.9 Å². The molecule has 116 valence electrons. The highest BCUT2D eigenvalue weighted by atomic mass is 79.9. The van der Waals surface area contributed by atoms with Crippen molar-refractivity contribution in [3.63, 3.8) is 0 Å². The van der Waals surface area contributed by atoms with Gasteiger partial charge in [-0.2, -0.15) is 0 Å². The molecule has 1 aliphatic heterocycles. The van der Waals surface area contributed by atoms with Gasteiger partial charge in [0.25, 0.3) is 0 Å². The first-order valence-corrected chi connectivity index (χ1v) is 9.56. The Bertz CT molecular complexity index is 413. The van der Waals surface area contributed by atoms with Crippen LogP contribution in [0.15, 0.2) is 30.3 Å². The number of ether oxygens (including phenoxy) is 1. The fourth-order valence-corrected chi connectivity index (χ4v) is 4.74. The van der Waals surface area contributed by atoms with E-state index in [1.807, 2.05) is 0 Å². The van der Waals surface area contributed by atoms with E-state index in [1.54, 1.807) is 0 Å². The van der Waals surface area contributed by atoms with Crippen LogP contribution in [-0.2, 0) is 11.2 Å². The van der Waals surface area contributed by atoms with Gasteiger partial charge in [-0.3, -0.25) is 0 Å². The molecule has 0 bridgehead atoms. The Hall–Kier alpha value is -0.340. The first-order chi connectivity index (χ1) is 10.3. The van der Waals surface area contributed by atoms with Crippen LogP contribution in [-0.4, -0.2) is 17.0 Å². The van der Waals surface area contributed by atoms with Crippen LogP contribution in [0.3, 0.4) is 0 Å². The molecule has 0 radical (unpaired) electrons. The Morgan fingerprint density at radius 2 is 1.76 bits per heavy atom. The van der Waals surface area contributed by atoms with Gasteiger partial charge in [-0.1, -0.05) is 65.5 Å². The fraction of sp³-hybridized carbons (Fsp3) is 0.684. The SMILES string of the molecule is Br[C@@H]1C[C@H](CCc2ccccc2)O[C@H](C2CCCCC2)C1. The minimum atomic E-state index is 0.440. The first-order valence-electron chi connectivity index (χ1n) is 8.64. The highest BCUT2D eigenvalue weighted by Crippen LogP contribution is 2.36. The second-order valence-corrected chi connectivity index (χ2v) is 8.08. The highest BCUT2D eigenvalue weighted by molar-refractivity contribution is 9.09. The van der Waals surface area contributed by atoms with Crippen molar-refractivity contribution in [1.29, 1.82) is 0 Å². The predicted molar refractivity (Wildman–Crippen MR) is 91.9 cm³/mol. The number of rotatable bonds is 4. The molecule has 21 heavy (non-hydrogen) atoms. The fourth-order valence-electron chi connectivity index (χ4n) is 3.96. The van der Waals surface area contributed by atoms with Gasteiger partial charge in [0, 0.05) is 4.83 Å². The van der Waals surface area contributed by atoms with Crippen LogP contribution >= 0.6 is 15.9 Å². The molecule has 0 amide bonds. The summed E-state index contributed by atoms with van der Waals surface area (Å²) < 4.78 is 6.49. The second kappa shape index (κ2) is 7.78. The van der Waals surface area contributed by atoms with Crippen molar-refractivity contribution in [3.8, 4) is 0 Å². The summed E-state index contributed by atoms with van der Waals surface area (Å²) in [6.45, 7) is 0. The van der Waals surface area contributed by atoms with E-state index in [2.05, 4.69) is 46.3 Å². The zero-order chi connectivity index (χ0) is 14.5. The van der Waals surface area contributed by atoms with E-state index in [9.17, 15) is 0 Å². The van der Waals surface area contributed by atoms with Crippen molar-refractivity contribution in [2.75, 3.05) is 0 Å². The molecule has 3 atom stereocenters. The van der Waals surface area contributed by atoms with Crippen LogP contribution < -0.4 is 0 Å². The standard InChI is InChI=1S/C19H27BrO/c20-17-13-18(12-11-15-7-3-1-4-8-15)21-19(14-17)16-9-5-2-6-10-16/h1,3-4,7-8,16-19H,2,5-6,9-14H2/t17-,18+,19+/m1/s1. The summed E-state index contributed by atoms with van der Waals surface area (Å²) in [6.07, 6.45) is 12.7. The van der Waals surface area contributed by atoms with E-state index in [4.69, 9.17) is 4.74 Å². The largest absolute Gasteiger partial charge is 0.375 e. The lowest BCUT2D eigenvalue weighted by Gasteiger charge is -2.39. The van der Waals surface area contributed by atoms with Crippen molar-refractivity contribution in [2.24, 2.45) is 5.92 Å². The van der Waals surface area contributed by atoms with Gasteiger partial charge in [-0.05, 0) is 50.0 Å². The lowest BCUT2D eigenvalue weighted by Crippen LogP contribution is -2.38. The van der Waals surface area contributed by atoms with Crippen LogP contribution in [0.1, 0.15) is 56.9 Å². The summed E-state index contributed by atoms with van der Waals surface area (Å²) in [5.41, 5.74) is 1.44. The number of hydrogen-bond acceptors (Lipinski definition) is 1. The molecule has 1 aromatic rings. The molecule has 2 heteroatoms. The molecular weight excluding hydrogens is 324 g/mol. The van der Waals surface area contributed by atoms with Gasteiger partial charge in [0.15, 0.2) is 0 Å². The van der Waals surface area contributed by atoms with E-state index in [-0.39, 0.29) is 0 Å². The maximum absolute atomic E-state index is 6.49. The maximum Gasteiger partial charge on any atom is 0.0617 e. The zero-order valence-corrected chi connectivity index (χ0v) is 14.4. The number of hydrogen-bond donors (Lipinski definition) is 0. The van der Waals surface area contributed by atoms with Crippen LogP contribution in [0.25, 0.3) is 0 Å². The molecule has 0 spiro atoms. The quantitative estimate of drug-likeness (QED) is 0.650. The van der Waals surface area contributed by atoms with E-state index in [1.165, 1.54) is 50.5 Å². The maximum atomic E-state index is 6.49. The Balaban J connectivity index is 1.53. The topological polar surface area (TPSA) is 9.23 Å². The Labute approximate surface area is 137 Å². The lowest BCUT2D eigenvalue weighted by molar-refractivity contribution is -0.0831. The van der Waals surface area contributed by atoms with Gasteiger partial charge in [-0.15, -0.1) is 0 Å². The predicted octanol–water partition coefficient (Wildman–Crippen LogP) is 5.51. The summed E-state index contributed by atoms with van der Waals surface area (Å²) in [5.74, 6) is 0.818. The number of benzene rings is 1. The van der Waals surface area contributed by atoms with Gasteiger partial charge in [0.2, 0.25) is 0 Å². The third kappa shape index (κ3) is 4.56. The molecule has 1 saturated heterocycles. The van der Waals surface area contributed by atoms with Gasteiger partial charge in [-0.25, -0.2) is 0 Å². The van der Waals surface area contributed by atoms with Gasteiger partial charge < -0.3 is 4.74 Å². The number of halogens is 1. The molecule has 0 unspecified atom stereocenters. The van der Waals surface area contributed by atoms with E-state index < -0.39 is 0 Å². The summed E-state index contributed by atoms with van der Waals surface area (Å²) in [7, 11) is 0. The average Bonchev–Trinajstić information content (AvgIpc) is 2.54. The highest BCUT2D eigenvalue weighted by Gasteiger charge is 2.33. The van der Waals surface area contributed by atoms with Crippen molar-refractivity contribution in [1.82, 2.24) is 0 Å². The monoisotopic (exact) mass is 350 g/mol. The lowest BCUT2D eigenvalue weighted by atomic mass is 9.82. The van der Waals surface area contributed by atoms with Crippen LogP contribution in [0, 0.1) is 5.92 Å². The summed E-state index contributed by atoms with van der Waals surface area (Å²) in [6, 6.07) is 10.8. The molecule has 1 aliphatic carbocycles. The molecule has 3 rings (SSSR count). The van der Waals surface area contributed by atoms with E-state index in [0.717, 1.165) is 18.8 Å². The van der Waals surface area contributed by atoms with Gasteiger partial charge in [0.05, 0.1) is 12.2 Å². The summed E-state index contributed by atoms with van der Waals surface area (Å²) in [5, 5.41) is 0. The minimum absolute atomic E-state index is 0.440. The molecule has 2 fully saturated rings. The molecule has 1 nitrogen and oxygen atoms in total. The smallest absolute Gasteiger partial charge is 0.0617 e. The number of aryl methyl sites for hydroxylation is 1. The second-order valence-electron chi connectivity index (χ2n) is 6.79. The summed E-state index contributed by atoms with van der Waals surface area (Å²) in [4.78, 5) is 0.652. The first kappa shape index (κ1) is 15.6. The molecular formula is C19H27BrO. The van der Waals surface area contributed by atoms with Crippen molar-refractivity contribution < 1.29 is 4.74 Å². The zero-order valence-electron chi connectivity index (χ0n) is 12.8. The van der Waals surface area contributed by atoms with Crippen LogP contribution in [0.5, 0.6) is 0 Å². The van der Waals surface area contributed by atoms with Crippen molar-refractivity contribution >= 4 is 15.9 Å². The molecule has 1 saturated carbocycles. The van der Waals surface area contributed by atoms with Crippen LogP contribution in [0.2, 0.25) is 0 Å². The normalized spacial score (nSPS) is 31.2. The third-order valence-electron chi connectivity index (χ3n) is 5.15. The minimum Gasteiger partial charge on any atom is -0.375 e. The van der Waals surface area contributed by atoms with Crippen LogP contribution in [0.4, 0.5) is 0 Å². The van der Waals surface area contributed by atoms with Gasteiger partial charge in [0.1, 0.15) is 0 Å². The molecule has 2 aliphatic rings. The third-order valence-corrected chi connectivity index (χ3v) is 5.90. The van der Waals surface area contributed by atoms with Crippen molar-refractivity contribution in [2.45, 2.75) is 74.8 Å². The van der Waals surface area contributed by atoms with E-state index in [0.29, 0.717) is 17.0 Å². The Kier molecular flexibility index (Phi) is 5.76. The molecule has 0 N–H and O–H groups in total. The van der Waals surface area contributed by atoms with Gasteiger partial charge >= 0.3 is 0 Å². The molecule has 1 aromatic carbocycles. The summed E-state index contributed by atoms with van der Waals surface area (Å²) >= 11 is 3.88.